The molecule has 2 heteroatoms. The number of aryl methyl sites for hydroxylation is 2. The van der Waals surface area contributed by atoms with Crippen molar-refractivity contribution < 1.29 is 10.2 Å². The van der Waals surface area contributed by atoms with Crippen molar-refractivity contribution in [2.24, 2.45) is 0 Å². The number of hydrogen-bond donors (Lipinski definition) is 2. The van der Waals surface area contributed by atoms with Gasteiger partial charge >= 0.3 is 0 Å². The quantitative estimate of drug-likeness (QED) is 0.851. The number of para-hydroxylation sites is 1. The summed E-state index contributed by atoms with van der Waals surface area (Å²) in [7, 11) is 0. The second-order valence-electron chi connectivity index (χ2n) is 5.60. The average Bonchev–Trinajstić information content (AvgIpc) is 2.35. The summed E-state index contributed by atoms with van der Waals surface area (Å²) in [6.45, 7) is 7.94. The van der Waals surface area contributed by atoms with E-state index in [-0.39, 0.29) is 5.41 Å². The van der Waals surface area contributed by atoms with Crippen molar-refractivity contribution in [1.29, 1.82) is 0 Å². The van der Waals surface area contributed by atoms with Crippen molar-refractivity contribution in [2.45, 2.75) is 33.1 Å². The van der Waals surface area contributed by atoms with E-state index in [4.69, 9.17) is 0 Å². The predicted molar refractivity (Wildman–Crippen MR) is 77.8 cm³/mol. The molecule has 2 aromatic carbocycles. The van der Waals surface area contributed by atoms with Crippen LogP contribution < -0.4 is 0 Å². The second-order valence-corrected chi connectivity index (χ2v) is 5.60. The lowest BCUT2D eigenvalue weighted by molar-refractivity contribution is 0.452. The van der Waals surface area contributed by atoms with E-state index in [1.54, 1.807) is 6.07 Å². The summed E-state index contributed by atoms with van der Waals surface area (Å²) in [5.41, 5.74) is 3.38. The fourth-order valence-electron chi connectivity index (χ4n) is 2.47. The van der Waals surface area contributed by atoms with Crippen LogP contribution in [0.3, 0.4) is 0 Å². The van der Waals surface area contributed by atoms with E-state index in [1.807, 2.05) is 44.2 Å². The van der Waals surface area contributed by atoms with Crippen LogP contribution in [0.2, 0.25) is 0 Å². The molecule has 0 unspecified atom stereocenters. The molecule has 0 amide bonds. The Morgan fingerprint density at radius 3 is 1.95 bits per heavy atom. The Labute approximate surface area is 114 Å². The van der Waals surface area contributed by atoms with Gasteiger partial charge in [0.1, 0.15) is 11.5 Å². The monoisotopic (exact) mass is 256 g/mol. The van der Waals surface area contributed by atoms with E-state index in [1.165, 1.54) is 0 Å². The highest BCUT2D eigenvalue weighted by Crippen LogP contribution is 2.38. The van der Waals surface area contributed by atoms with E-state index >= 15 is 0 Å². The summed E-state index contributed by atoms with van der Waals surface area (Å²) >= 11 is 0. The molecule has 0 atom stereocenters. The zero-order valence-electron chi connectivity index (χ0n) is 11.9. The number of phenolic OH excluding ortho intramolecular Hbond substituents is 2. The smallest absolute Gasteiger partial charge is 0.121 e. The molecule has 2 N–H and O–H groups in total. The van der Waals surface area contributed by atoms with Crippen LogP contribution in [-0.2, 0) is 5.41 Å². The summed E-state index contributed by atoms with van der Waals surface area (Å²) < 4.78 is 0. The highest BCUT2D eigenvalue weighted by atomic mass is 16.3. The molecule has 0 aliphatic carbocycles. The third-order valence-electron chi connectivity index (χ3n) is 3.79. The van der Waals surface area contributed by atoms with Gasteiger partial charge in [0.2, 0.25) is 0 Å². The highest BCUT2D eigenvalue weighted by molar-refractivity contribution is 5.50. The molecule has 0 aromatic heterocycles. The van der Waals surface area contributed by atoms with E-state index < -0.39 is 0 Å². The fourth-order valence-corrected chi connectivity index (χ4v) is 2.47. The summed E-state index contributed by atoms with van der Waals surface area (Å²) in [5.74, 6) is 0.646. The maximum atomic E-state index is 10.1. The maximum Gasteiger partial charge on any atom is 0.121 e. The van der Waals surface area contributed by atoms with Gasteiger partial charge in [-0.1, -0.05) is 44.2 Å². The maximum absolute atomic E-state index is 10.1. The molecule has 0 fully saturated rings. The van der Waals surface area contributed by atoms with Gasteiger partial charge in [-0.15, -0.1) is 0 Å². The first-order chi connectivity index (χ1) is 8.84. The number of phenols is 2. The fraction of sp³-hybridized carbons (Fsp3) is 0.294. The highest BCUT2D eigenvalue weighted by Gasteiger charge is 2.26. The number of benzene rings is 2. The molecule has 2 rings (SSSR count). The molecule has 0 aliphatic heterocycles. The Morgan fingerprint density at radius 2 is 1.42 bits per heavy atom. The van der Waals surface area contributed by atoms with Crippen molar-refractivity contribution in [3.05, 3.63) is 58.7 Å². The summed E-state index contributed by atoms with van der Waals surface area (Å²) in [6.07, 6.45) is 0. The molecule has 0 aliphatic rings. The molecular formula is C17H20O2. The topological polar surface area (TPSA) is 40.5 Å². The van der Waals surface area contributed by atoms with Gasteiger partial charge in [-0.05, 0) is 36.6 Å². The van der Waals surface area contributed by atoms with E-state index in [0.29, 0.717) is 11.5 Å². The standard InChI is InChI=1S/C17H20O2/c1-11-9-13(10-12(2)16(11)19)17(3,4)14-7-5-6-8-15(14)18/h5-10,18-19H,1-4H3. The minimum Gasteiger partial charge on any atom is -0.508 e. The number of rotatable bonds is 2. The number of aromatic hydroxyl groups is 2. The first kappa shape index (κ1) is 13.5. The van der Waals surface area contributed by atoms with E-state index in [2.05, 4.69) is 13.8 Å². The first-order valence-electron chi connectivity index (χ1n) is 6.43. The van der Waals surface area contributed by atoms with Crippen LogP contribution >= 0.6 is 0 Å². The zero-order chi connectivity index (χ0) is 14.2. The summed E-state index contributed by atoms with van der Waals surface area (Å²) in [5, 5.41) is 19.9. The van der Waals surface area contributed by atoms with Crippen molar-refractivity contribution in [3.63, 3.8) is 0 Å². The summed E-state index contributed by atoms with van der Waals surface area (Å²) in [6, 6.07) is 11.4. The second kappa shape index (κ2) is 4.61. The molecule has 0 bridgehead atoms. The molecule has 0 saturated carbocycles. The predicted octanol–water partition coefficient (Wildman–Crippen LogP) is 4.04. The van der Waals surface area contributed by atoms with Crippen molar-refractivity contribution in [3.8, 4) is 11.5 Å². The van der Waals surface area contributed by atoms with Crippen LogP contribution in [0.1, 0.15) is 36.1 Å². The summed E-state index contributed by atoms with van der Waals surface area (Å²) in [4.78, 5) is 0. The lowest BCUT2D eigenvalue weighted by Gasteiger charge is -2.28. The van der Waals surface area contributed by atoms with Gasteiger partial charge in [0, 0.05) is 11.0 Å². The van der Waals surface area contributed by atoms with Gasteiger partial charge in [-0.3, -0.25) is 0 Å². The SMILES string of the molecule is Cc1cc(C(C)(C)c2ccccc2O)cc(C)c1O. The zero-order valence-corrected chi connectivity index (χ0v) is 11.9. The third kappa shape index (κ3) is 2.30. The third-order valence-corrected chi connectivity index (χ3v) is 3.79. The molecule has 2 nitrogen and oxygen atoms in total. The first-order valence-corrected chi connectivity index (χ1v) is 6.43. The molecule has 0 radical (unpaired) electrons. The van der Waals surface area contributed by atoms with E-state index in [0.717, 1.165) is 22.3 Å². The van der Waals surface area contributed by atoms with Crippen molar-refractivity contribution in [1.82, 2.24) is 0 Å². The van der Waals surface area contributed by atoms with Crippen LogP contribution in [0.4, 0.5) is 0 Å². The Bertz CT molecular complexity index is 589. The van der Waals surface area contributed by atoms with Crippen LogP contribution in [0.15, 0.2) is 36.4 Å². The number of hydrogen-bond acceptors (Lipinski definition) is 2. The Balaban J connectivity index is 2.60. The molecule has 19 heavy (non-hydrogen) atoms. The van der Waals surface area contributed by atoms with Gasteiger partial charge < -0.3 is 10.2 Å². The normalized spacial score (nSPS) is 11.6. The van der Waals surface area contributed by atoms with Crippen LogP contribution in [-0.4, -0.2) is 10.2 Å². The molecule has 0 heterocycles. The van der Waals surface area contributed by atoms with Gasteiger partial charge in [0.05, 0.1) is 0 Å². The van der Waals surface area contributed by atoms with Gasteiger partial charge in [-0.25, -0.2) is 0 Å². The van der Waals surface area contributed by atoms with Gasteiger partial charge in [0.25, 0.3) is 0 Å². The lowest BCUT2D eigenvalue weighted by atomic mass is 9.76. The molecule has 100 valence electrons. The van der Waals surface area contributed by atoms with Crippen LogP contribution in [0, 0.1) is 13.8 Å². The molecule has 0 spiro atoms. The van der Waals surface area contributed by atoms with E-state index in [9.17, 15) is 10.2 Å². The largest absolute Gasteiger partial charge is 0.508 e. The Hall–Kier alpha value is -1.96. The van der Waals surface area contributed by atoms with Gasteiger partial charge in [0.15, 0.2) is 0 Å². The molecule has 0 saturated heterocycles. The Morgan fingerprint density at radius 1 is 0.895 bits per heavy atom. The average molecular weight is 256 g/mol. The van der Waals surface area contributed by atoms with Crippen molar-refractivity contribution >= 4 is 0 Å². The molecule has 2 aromatic rings. The minimum absolute atomic E-state index is 0.302. The van der Waals surface area contributed by atoms with Crippen molar-refractivity contribution in [2.75, 3.05) is 0 Å². The Kier molecular flexibility index (Phi) is 3.27. The van der Waals surface area contributed by atoms with Crippen LogP contribution in [0.5, 0.6) is 11.5 Å². The van der Waals surface area contributed by atoms with Gasteiger partial charge in [-0.2, -0.15) is 0 Å². The molecular weight excluding hydrogens is 236 g/mol. The van der Waals surface area contributed by atoms with Crippen LogP contribution in [0.25, 0.3) is 0 Å². The minimum atomic E-state index is -0.311. The lowest BCUT2D eigenvalue weighted by Crippen LogP contribution is -2.19.